The van der Waals surface area contributed by atoms with Gasteiger partial charge in [0.1, 0.15) is 0 Å². The summed E-state index contributed by atoms with van der Waals surface area (Å²) in [6, 6.07) is 17.3. The fourth-order valence-corrected chi connectivity index (χ4v) is 5.18. The standard InChI is InChI=1S/C21H27ClN2O2S/c1-16-7-6-8-17(2)24(16)21(18-9-4-3-5-10-18)15-23-27(25,26)20-13-11-19(22)12-14-20/h3-5,9-14,16-17,21,23H,6-8,15H2,1-2H3. The highest BCUT2D eigenvalue weighted by Crippen LogP contribution is 2.32. The van der Waals surface area contributed by atoms with Crippen LogP contribution >= 0.6 is 11.6 Å². The van der Waals surface area contributed by atoms with Gasteiger partial charge in [0.25, 0.3) is 0 Å². The average molecular weight is 407 g/mol. The number of hydrogen-bond acceptors (Lipinski definition) is 3. The van der Waals surface area contributed by atoms with E-state index in [0.717, 1.165) is 18.4 Å². The van der Waals surface area contributed by atoms with Crippen LogP contribution < -0.4 is 4.72 Å². The number of likely N-dealkylation sites (tertiary alicyclic amines) is 1. The van der Waals surface area contributed by atoms with E-state index in [0.29, 0.717) is 23.7 Å². The first-order valence-corrected chi connectivity index (χ1v) is 11.3. The van der Waals surface area contributed by atoms with Crippen molar-refractivity contribution in [2.75, 3.05) is 6.54 Å². The summed E-state index contributed by atoms with van der Waals surface area (Å²) in [4.78, 5) is 2.70. The first-order valence-electron chi connectivity index (χ1n) is 9.46. The summed E-state index contributed by atoms with van der Waals surface area (Å²) in [6.45, 7) is 4.81. The van der Waals surface area contributed by atoms with Crippen LogP contribution in [0.2, 0.25) is 5.02 Å². The molecule has 1 fully saturated rings. The molecule has 0 amide bonds. The van der Waals surface area contributed by atoms with E-state index in [1.54, 1.807) is 12.1 Å². The lowest BCUT2D eigenvalue weighted by Gasteiger charge is -2.44. The maximum absolute atomic E-state index is 12.8. The predicted molar refractivity (Wildman–Crippen MR) is 110 cm³/mol. The van der Waals surface area contributed by atoms with E-state index in [4.69, 9.17) is 11.6 Å². The quantitative estimate of drug-likeness (QED) is 0.761. The lowest BCUT2D eigenvalue weighted by molar-refractivity contribution is 0.0561. The Balaban J connectivity index is 1.84. The second kappa shape index (κ2) is 8.74. The van der Waals surface area contributed by atoms with Crippen LogP contribution in [-0.4, -0.2) is 31.9 Å². The van der Waals surface area contributed by atoms with Gasteiger partial charge in [-0.15, -0.1) is 0 Å². The molecule has 6 heteroatoms. The van der Waals surface area contributed by atoms with Crippen LogP contribution in [-0.2, 0) is 10.0 Å². The summed E-state index contributed by atoms with van der Waals surface area (Å²) in [5.74, 6) is 0. The molecular weight excluding hydrogens is 380 g/mol. The molecule has 1 aliphatic rings. The second-order valence-electron chi connectivity index (χ2n) is 7.31. The van der Waals surface area contributed by atoms with Crippen molar-refractivity contribution in [3.05, 3.63) is 65.2 Å². The molecule has 1 N–H and O–H groups in total. The number of nitrogens with zero attached hydrogens (tertiary/aromatic N) is 1. The molecule has 3 atom stereocenters. The van der Waals surface area contributed by atoms with Crippen molar-refractivity contribution in [2.45, 2.75) is 56.1 Å². The molecule has 0 aliphatic carbocycles. The van der Waals surface area contributed by atoms with Gasteiger partial charge in [-0.25, -0.2) is 13.1 Å². The van der Waals surface area contributed by atoms with Crippen molar-refractivity contribution in [1.29, 1.82) is 0 Å². The lowest BCUT2D eigenvalue weighted by Crippen LogP contribution is -2.49. The Labute approximate surface area is 167 Å². The Morgan fingerprint density at radius 1 is 1.04 bits per heavy atom. The van der Waals surface area contributed by atoms with Gasteiger partial charge in [-0.1, -0.05) is 48.4 Å². The third kappa shape index (κ3) is 4.91. The van der Waals surface area contributed by atoms with Gasteiger partial charge in [-0.2, -0.15) is 0 Å². The van der Waals surface area contributed by atoms with Gasteiger partial charge in [0, 0.05) is 29.7 Å². The molecule has 2 aromatic rings. The molecule has 27 heavy (non-hydrogen) atoms. The molecule has 1 saturated heterocycles. The summed E-state index contributed by atoms with van der Waals surface area (Å²) in [7, 11) is -3.59. The van der Waals surface area contributed by atoms with Gasteiger partial charge in [0.15, 0.2) is 0 Å². The summed E-state index contributed by atoms with van der Waals surface area (Å²) in [6.07, 6.45) is 3.49. The zero-order chi connectivity index (χ0) is 19.4. The SMILES string of the molecule is CC1CCCC(C)N1C(CNS(=O)(=O)c1ccc(Cl)cc1)c1ccccc1. The van der Waals surface area contributed by atoms with Crippen LogP contribution in [0.15, 0.2) is 59.5 Å². The molecule has 0 radical (unpaired) electrons. The second-order valence-corrected chi connectivity index (χ2v) is 9.51. The molecule has 2 aromatic carbocycles. The molecule has 0 aromatic heterocycles. The molecule has 3 unspecified atom stereocenters. The molecule has 3 rings (SSSR count). The monoisotopic (exact) mass is 406 g/mol. The summed E-state index contributed by atoms with van der Waals surface area (Å²) in [5.41, 5.74) is 1.14. The van der Waals surface area contributed by atoms with Gasteiger partial charge in [-0.3, -0.25) is 4.90 Å². The minimum atomic E-state index is -3.59. The highest BCUT2D eigenvalue weighted by Gasteiger charge is 2.32. The molecular formula is C21H27ClN2O2S. The zero-order valence-electron chi connectivity index (χ0n) is 15.8. The van der Waals surface area contributed by atoms with Crippen molar-refractivity contribution in [1.82, 2.24) is 9.62 Å². The van der Waals surface area contributed by atoms with E-state index < -0.39 is 10.0 Å². The number of hydrogen-bond donors (Lipinski definition) is 1. The van der Waals surface area contributed by atoms with Gasteiger partial charge >= 0.3 is 0 Å². The van der Waals surface area contributed by atoms with Crippen molar-refractivity contribution in [3.8, 4) is 0 Å². The van der Waals surface area contributed by atoms with E-state index in [1.165, 1.54) is 18.6 Å². The molecule has 146 valence electrons. The van der Waals surface area contributed by atoms with Crippen molar-refractivity contribution in [3.63, 3.8) is 0 Å². The largest absolute Gasteiger partial charge is 0.290 e. The molecule has 4 nitrogen and oxygen atoms in total. The molecule has 1 aliphatic heterocycles. The highest BCUT2D eigenvalue weighted by atomic mass is 35.5. The van der Waals surface area contributed by atoms with Crippen LogP contribution in [0.1, 0.15) is 44.7 Å². The first-order chi connectivity index (χ1) is 12.9. The Hall–Kier alpha value is -1.40. The Bertz CT molecular complexity index is 830. The van der Waals surface area contributed by atoms with E-state index in [-0.39, 0.29) is 10.9 Å². The molecule has 0 bridgehead atoms. The third-order valence-corrected chi connectivity index (χ3v) is 7.09. The average Bonchev–Trinajstić information content (AvgIpc) is 2.65. The van der Waals surface area contributed by atoms with Gasteiger partial charge in [-0.05, 0) is 56.5 Å². The molecule has 1 heterocycles. The van der Waals surface area contributed by atoms with Crippen LogP contribution in [0.4, 0.5) is 0 Å². The Morgan fingerprint density at radius 3 is 2.22 bits per heavy atom. The normalized spacial score (nSPS) is 22.5. The van der Waals surface area contributed by atoms with E-state index >= 15 is 0 Å². The Kier molecular flexibility index (Phi) is 6.58. The molecule has 0 saturated carbocycles. The van der Waals surface area contributed by atoms with Crippen LogP contribution in [0.25, 0.3) is 0 Å². The first kappa shape index (κ1) is 20.3. The fraction of sp³-hybridized carbons (Fsp3) is 0.429. The predicted octanol–water partition coefficient (Wildman–Crippen LogP) is 4.62. The van der Waals surface area contributed by atoms with Crippen LogP contribution in [0.5, 0.6) is 0 Å². The molecule has 0 spiro atoms. The smallest absolute Gasteiger partial charge is 0.240 e. The van der Waals surface area contributed by atoms with E-state index in [2.05, 4.69) is 35.6 Å². The maximum atomic E-state index is 12.8. The number of piperidine rings is 1. The van der Waals surface area contributed by atoms with Gasteiger partial charge < -0.3 is 0 Å². The van der Waals surface area contributed by atoms with Crippen LogP contribution in [0, 0.1) is 0 Å². The summed E-state index contributed by atoms with van der Waals surface area (Å²) < 4.78 is 28.3. The third-order valence-electron chi connectivity index (χ3n) is 5.40. The number of sulfonamides is 1. The van der Waals surface area contributed by atoms with Crippen molar-refractivity contribution >= 4 is 21.6 Å². The lowest BCUT2D eigenvalue weighted by atomic mass is 9.92. The highest BCUT2D eigenvalue weighted by molar-refractivity contribution is 7.89. The van der Waals surface area contributed by atoms with E-state index in [9.17, 15) is 8.42 Å². The van der Waals surface area contributed by atoms with Crippen molar-refractivity contribution in [2.24, 2.45) is 0 Å². The number of rotatable bonds is 6. The number of halogens is 1. The van der Waals surface area contributed by atoms with Gasteiger partial charge in [0.05, 0.1) is 4.90 Å². The Morgan fingerprint density at radius 2 is 1.63 bits per heavy atom. The van der Waals surface area contributed by atoms with Crippen LogP contribution in [0.3, 0.4) is 0 Å². The minimum absolute atomic E-state index is 0.00132. The minimum Gasteiger partial charge on any atom is -0.290 e. The number of nitrogens with one attached hydrogen (secondary N) is 1. The summed E-state index contributed by atoms with van der Waals surface area (Å²) >= 11 is 5.88. The fourth-order valence-electron chi connectivity index (χ4n) is 4.01. The topological polar surface area (TPSA) is 49.4 Å². The summed E-state index contributed by atoms with van der Waals surface area (Å²) in [5, 5.41) is 0.520. The van der Waals surface area contributed by atoms with Gasteiger partial charge in [0.2, 0.25) is 10.0 Å². The number of benzene rings is 2. The van der Waals surface area contributed by atoms with Crippen molar-refractivity contribution < 1.29 is 8.42 Å². The van der Waals surface area contributed by atoms with E-state index in [1.807, 2.05) is 18.2 Å². The maximum Gasteiger partial charge on any atom is 0.240 e. The zero-order valence-corrected chi connectivity index (χ0v) is 17.4.